The van der Waals surface area contributed by atoms with E-state index in [0.29, 0.717) is 43.8 Å². The molecule has 126 valence electrons. The van der Waals surface area contributed by atoms with Crippen LogP contribution in [0, 0.1) is 0 Å². The second-order valence-corrected chi connectivity index (χ2v) is 5.92. The molecular weight excluding hydrogens is 296 g/mol. The number of nitrogens with zero attached hydrogens (tertiary/aromatic N) is 1. The van der Waals surface area contributed by atoms with Crippen molar-refractivity contribution < 1.29 is 19.0 Å². The number of carbonyl (C=O) groups is 1. The van der Waals surface area contributed by atoms with Crippen LogP contribution in [-0.4, -0.2) is 56.9 Å². The summed E-state index contributed by atoms with van der Waals surface area (Å²) >= 11 is 0. The molecule has 3 rings (SSSR count). The smallest absolute Gasteiger partial charge is 0.260 e. The molecule has 0 atom stereocenters. The van der Waals surface area contributed by atoms with Crippen molar-refractivity contribution in [2.45, 2.75) is 25.4 Å². The van der Waals surface area contributed by atoms with E-state index in [-0.39, 0.29) is 12.5 Å². The zero-order valence-corrected chi connectivity index (χ0v) is 13.5. The number of morpholine rings is 1. The number of nitrogens with one attached hydrogen (secondary N) is 1. The van der Waals surface area contributed by atoms with E-state index in [2.05, 4.69) is 5.32 Å². The van der Waals surface area contributed by atoms with Crippen LogP contribution in [0.2, 0.25) is 0 Å². The fourth-order valence-corrected chi connectivity index (χ4v) is 2.53. The fourth-order valence-electron chi connectivity index (χ4n) is 2.53. The Hall–Kier alpha value is -1.79. The normalized spacial score (nSPS) is 17.9. The highest BCUT2D eigenvalue weighted by Crippen LogP contribution is 2.28. The van der Waals surface area contributed by atoms with Gasteiger partial charge >= 0.3 is 0 Å². The number of hydrogen-bond donors (Lipinski definition) is 1. The molecule has 1 amide bonds. The molecule has 1 aromatic carbocycles. The van der Waals surface area contributed by atoms with E-state index < -0.39 is 0 Å². The van der Waals surface area contributed by atoms with Crippen LogP contribution in [0.1, 0.15) is 18.4 Å². The van der Waals surface area contributed by atoms with Crippen molar-refractivity contribution in [2.75, 3.05) is 40.0 Å². The van der Waals surface area contributed by atoms with E-state index in [1.165, 1.54) is 12.8 Å². The summed E-state index contributed by atoms with van der Waals surface area (Å²) in [5.74, 6) is 1.24. The Balaban J connectivity index is 1.54. The summed E-state index contributed by atoms with van der Waals surface area (Å²) in [5, 5.41) is 3.47. The number of rotatable bonds is 7. The predicted molar refractivity (Wildman–Crippen MR) is 85.7 cm³/mol. The summed E-state index contributed by atoms with van der Waals surface area (Å²) in [5.41, 5.74) is 1.15. The molecule has 6 heteroatoms. The van der Waals surface area contributed by atoms with E-state index in [0.717, 1.165) is 12.1 Å². The lowest BCUT2D eigenvalue weighted by Crippen LogP contribution is -2.43. The molecule has 0 spiro atoms. The van der Waals surface area contributed by atoms with Crippen LogP contribution in [0.15, 0.2) is 18.2 Å². The first-order valence-electron chi connectivity index (χ1n) is 8.15. The van der Waals surface area contributed by atoms with Crippen molar-refractivity contribution in [3.8, 4) is 11.5 Å². The van der Waals surface area contributed by atoms with Gasteiger partial charge in [-0.2, -0.15) is 0 Å². The van der Waals surface area contributed by atoms with Gasteiger partial charge in [-0.25, -0.2) is 0 Å². The molecule has 1 aliphatic heterocycles. The Morgan fingerprint density at radius 2 is 2.09 bits per heavy atom. The van der Waals surface area contributed by atoms with Crippen molar-refractivity contribution in [1.29, 1.82) is 0 Å². The van der Waals surface area contributed by atoms with Crippen molar-refractivity contribution in [3.63, 3.8) is 0 Å². The van der Waals surface area contributed by atoms with Crippen molar-refractivity contribution >= 4 is 5.91 Å². The van der Waals surface area contributed by atoms with Gasteiger partial charge in [-0.3, -0.25) is 4.79 Å². The van der Waals surface area contributed by atoms with Gasteiger partial charge in [0.15, 0.2) is 18.1 Å². The maximum Gasteiger partial charge on any atom is 0.260 e. The van der Waals surface area contributed by atoms with Crippen LogP contribution in [0.3, 0.4) is 0 Å². The number of methoxy groups -OCH3 is 1. The van der Waals surface area contributed by atoms with Gasteiger partial charge in [0.2, 0.25) is 0 Å². The fraction of sp³-hybridized carbons (Fsp3) is 0.588. The highest BCUT2D eigenvalue weighted by atomic mass is 16.5. The van der Waals surface area contributed by atoms with Crippen LogP contribution < -0.4 is 14.8 Å². The largest absolute Gasteiger partial charge is 0.493 e. The Labute approximate surface area is 136 Å². The lowest BCUT2D eigenvalue weighted by atomic mass is 10.2. The van der Waals surface area contributed by atoms with E-state index >= 15 is 0 Å². The monoisotopic (exact) mass is 320 g/mol. The zero-order valence-electron chi connectivity index (χ0n) is 13.5. The highest BCUT2D eigenvalue weighted by molar-refractivity contribution is 5.78. The summed E-state index contributed by atoms with van der Waals surface area (Å²) < 4.78 is 16.3. The molecule has 0 bridgehead atoms. The second-order valence-electron chi connectivity index (χ2n) is 5.92. The third-order valence-electron chi connectivity index (χ3n) is 4.12. The van der Waals surface area contributed by atoms with Crippen molar-refractivity contribution in [1.82, 2.24) is 10.2 Å². The molecule has 23 heavy (non-hydrogen) atoms. The van der Waals surface area contributed by atoms with E-state index in [1.54, 1.807) is 12.0 Å². The molecule has 2 fully saturated rings. The van der Waals surface area contributed by atoms with E-state index in [9.17, 15) is 4.79 Å². The SMILES string of the molecule is COc1cc(CNC2CC2)ccc1OCC(=O)N1CCOCC1. The highest BCUT2D eigenvalue weighted by Gasteiger charge is 2.20. The minimum atomic E-state index is -0.0187. The average Bonchev–Trinajstić information content (AvgIpc) is 3.43. The van der Waals surface area contributed by atoms with Crippen LogP contribution >= 0.6 is 0 Å². The number of ether oxygens (including phenoxy) is 3. The molecule has 2 aliphatic rings. The average molecular weight is 320 g/mol. The quantitative estimate of drug-likeness (QED) is 0.818. The number of hydrogen-bond acceptors (Lipinski definition) is 5. The Bertz CT molecular complexity index is 539. The molecule has 0 radical (unpaired) electrons. The zero-order chi connectivity index (χ0) is 16.1. The minimum Gasteiger partial charge on any atom is -0.493 e. The first-order chi connectivity index (χ1) is 11.3. The Morgan fingerprint density at radius 3 is 2.78 bits per heavy atom. The number of benzene rings is 1. The van der Waals surface area contributed by atoms with Gasteiger partial charge < -0.3 is 24.4 Å². The molecule has 1 aromatic rings. The van der Waals surface area contributed by atoms with Crippen LogP contribution in [0.25, 0.3) is 0 Å². The molecule has 1 N–H and O–H groups in total. The molecule has 1 saturated carbocycles. The van der Waals surface area contributed by atoms with Gasteiger partial charge in [0.25, 0.3) is 5.91 Å². The maximum atomic E-state index is 12.1. The predicted octanol–water partition coefficient (Wildman–Crippen LogP) is 1.18. The summed E-state index contributed by atoms with van der Waals surface area (Å²) in [4.78, 5) is 13.9. The van der Waals surface area contributed by atoms with Crippen LogP contribution in [-0.2, 0) is 16.1 Å². The van der Waals surface area contributed by atoms with Crippen LogP contribution in [0.4, 0.5) is 0 Å². The molecular formula is C17H24N2O4. The molecule has 6 nitrogen and oxygen atoms in total. The molecule has 0 aromatic heterocycles. The summed E-state index contributed by atoms with van der Waals surface area (Å²) in [6.45, 7) is 3.30. The first-order valence-corrected chi connectivity index (χ1v) is 8.15. The molecule has 1 aliphatic carbocycles. The Kier molecular flexibility index (Phi) is 5.35. The first kappa shape index (κ1) is 16.1. The van der Waals surface area contributed by atoms with Crippen molar-refractivity contribution in [3.05, 3.63) is 23.8 Å². The van der Waals surface area contributed by atoms with Gasteiger partial charge in [0.05, 0.1) is 20.3 Å². The van der Waals surface area contributed by atoms with E-state index in [4.69, 9.17) is 14.2 Å². The third-order valence-corrected chi connectivity index (χ3v) is 4.12. The summed E-state index contributed by atoms with van der Waals surface area (Å²) in [7, 11) is 1.62. The molecule has 1 heterocycles. The lowest BCUT2D eigenvalue weighted by molar-refractivity contribution is -0.137. The number of carbonyl (C=O) groups excluding carboxylic acids is 1. The van der Waals surface area contributed by atoms with Gasteiger partial charge in [-0.15, -0.1) is 0 Å². The van der Waals surface area contributed by atoms with Gasteiger partial charge in [-0.05, 0) is 30.5 Å². The van der Waals surface area contributed by atoms with E-state index in [1.807, 2.05) is 18.2 Å². The van der Waals surface area contributed by atoms with Gasteiger partial charge in [-0.1, -0.05) is 6.07 Å². The third kappa shape index (κ3) is 4.59. The standard InChI is InChI=1S/C17H24N2O4/c1-21-16-10-13(11-18-14-3-4-14)2-5-15(16)23-12-17(20)19-6-8-22-9-7-19/h2,5,10,14,18H,3-4,6-9,11-12H2,1H3. The Morgan fingerprint density at radius 1 is 1.30 bits per heavy atom. The minimum absolute atomic E-state index is 0.0187. The summed E-state index contributed by atoms with van der Waals surface area (Å²) in [6, 6.07) is 6.51. The number of amides is 1. The van der Waals surface area contributed by atoms with Crippen molar-refractivity contribution in [2.24, 2.45) is 0 Å². The molecule has 1 saturated heterocycles. The maximum absolute atomic E-state index is 12.1. The topological polar surface area (TPSA) is 60.0 Å². The van der Waals surface area contributed by atoms with Gasteiger partial charge in [0.1, 0.15) is 0 Å². The second kappa shape index (κ2) is 7.66. The van der Waals surface area contributed by atoms with Gasteiger partial charge in [0, 0.05) is 25.7 Å². The lowest BCUT2D eigenvalue weighted by Gasteiger charge is -2.26. The summed E-state index contributed by atoms with van der Waals surface area (Å²) in [6.07, 6.45) is 2.53. The van der Waals surface area contributed by atoms with Crippen LogP contribution in [0.5, 0.6) is 11.5 Å². The molecule has 0 unspecified atom stereocenters.